The quantitative estimate of drug-likeness (QED) is 0.352. The molecule has 6 nitrogen and oxygen atoms in total. The third-order valence-electron chi connectivity index (χ3n) is 4.08. The molecule has 0 heterocycles. The second kappa shape index (κ2) is 14.3. The van der Waals surface area contributed by atoms with Crippen LogP contribution in [0.1, 0.15) is 48.5 Å². The van der Waals surface area contributed by atoms with Crippen LogP contribution >= 0.6 is 0 Å². The van der Waals surface area contributed by atoms with Crippen LogP contribution in [-0.2, 0) is 22.1 Å². The van der Waals surface area contributed by atoms with Crippen molar-refractivity contribution in [1.29, 1.82) is 0 Å². The molecule has 0 aromatic rings. The molecule has 0 unspecified atom stereocenters. The standard InChI is InChI=1S/C17H41NO5Si2/c1-8-18(9-2)17-24(19-10-3,20-11-4)15-16-25(21-12-5,22-13-6)23-14-7/h8-17H2,1-7H3. The van der Waals surface area contributed by atoms with E-state index >= 15 is 0 Å². The fraction of sp³-hybridized carbons (Fsp3) is 1.00. The number of rotatable bonds is 17. The molecule has 0 aromatic carbocycles. The predicted molar refractivity (Wildman–Crippen MR) is 107 cm³/mol. The minimum Gasteiger partial charge on any atom is -0.394 e. The lowest BCUT2D eigenvalue weighted by Crippen LogP contribution is -2.55. The molecular formula is C17H41NO5Si2. The molecule has 0 saturated carbocycles. The van der Waals surface area contributed by atoms with Crippen molar-refractivity contribution in [2.45, 2.75) is 60.6 Å². The topological polar surface area (TPSA) is 49.4 Å². The van der Waals surface area contributed by atoms with Crippen molar-refractivity contribution < 1.29 is 22.1 Å². The largest absolute Gasteiger partial charge is 0.500 e. The molecular weight excluding hydrogens is 354 g/mol. The zero-order chi connectivity index (χ0) is 19.2. The highest BCUT2D eigenvalue weighted by Gasteiger charge is 2.47. The highest BCUT2D eigenvalue weighted by atomic mass is 28.4. The molecule has 0 aliphatic heterocycles. The van der Waals surface area contributed by atoms with Crippen LogP contribution in [-0.4, -0.2) is 74.6 Å². The molecule has 0 radical (unpaired) electrons. The smallest absolute Gasteiger partial charge is 0.394 e. The first-order valence-corrected chi connectivity index (χ1v) is 14.1. The summed E-state index contributed by atoms with van der Waals surface area (Å²) in [5.74, 6) is 0. The molecule has 8 heteroatoms. The molecule has 0 amide bonds. The van der Waals surface area contributed by atoms with E-state index in [2.05, 4.69) is 18.7 Å². The van der Waals surface area contributed by atoms with Gasteiger partial charge in [-0.2, -0.15) is 0 Å². The molecule has 152 valence electrons. The van der Waals surface area contributed by atoms with Gasteiger partial charge in [0.15, 0.2) is 0 Å². The molecule has 25 heavy (non-hydrogen) atoms. The van der Waals surface area contributed by atoms with E-state index < -0.39 is 17.4 Å². The van der Waals surface area contributed by atoms with Crippen LogP contribution in [0.5, 0.6) is 0 Å². The Morgan fingerprint density at radius 1 is 0.560 bits per heavy atom. The fourth-order valence-corrected chi connectivity index (χ4v) is 10.7. The molecule has 0 N–H and O–H groups in total. The third kappa shape index (κ3) is 9.10. The summed E-state index contributed by atoms with van der Waals surface area (Å²) in [7, 11) is -5.06. The normalized spacial score (nSPS) is 13.0. The summed E-state index contributed by atoms with van der Waals surface area (Å²) >= 11 is 0. The van der Waals surface area contributed by atoms with Gasteiger partial charge in [-0.3, -0.25) is 0 Å². The van der Waals surface area contributed by atoms with Crippen molar-refractivity contribution in [1.82, 2.24) is 4.90 Å². The lowest BCUT2D eigenvalue weighted by Gasteiger charge is -2.36. The van der Waals surface area contributed by atoms with Crippen molar-refractivity contribution >= 4 is 17.4 Å². The number of hydrogen-bond donors (Lipinski definition) is 0. The van der Waals surface area contributed by atoms with Gasteiger partial charge < -0.3 is 27.0 Å². The summed E-state index contributed by atoms with van der Waals surface area (Å²) < 4.78 is 30.6. The van der Waals surface area contributed by atoms with E-state index in [1.807, 2.05) is 34.6 Å². The maximum Gasteiger partial charge on any atom is 0.500 e. The first-order valence-electron chi connectivity index (χ1n) is 9.92. The molecule has 0 spiro atoms. The molecule has 0 aliphatic rings. The molecule has 0 aromatic heterocycles. The molecule has 0 saturated heterocycles. The Hall–Kier alpha value is 0.194. The average molecular weight is 396 g/mol. The van der Waals surface area contributed by atoms with Crippen molar-refractivity contribution in [3.63, 3.8) is 0 Å². The van der Waals surface area contributed by atoms with Gasteiger partial charge in [-0.25, -0.2) is 0 Å². The average Bonchev–Trinajstić information content (AvgIpc) is 2.59. The molecule has 0 fully saturated rings. The fourth-order valence-electron chi connectivity index (χ4n) is 3.02. The molecule has 0 bridgehead atoms. The van der Waals surface area contributed by atoms with E-state index in [-0.39, 0.29) is 0 Å². The van der Waals surface area contributed by atoms with Gasteiger partial charge in [0.05, 0.1) is 0 Å². The summed E-state index contributed by atoms with van der Waals surface area (Å²) in [6, 6.07) is 1.58. The maximum atomic E-state index is 6.26. The van der Waals surface area contributed by atoms with Gasteiger partial charge in [-0.05, 0) is 53.8 Å². The second-order valence-electron chi connectivity index (χ2n) is 5.72. The summed E-state index contributed by atoms with van der Waals surface area (Å²) in [4.78, 5) is 2.39. The van der Waals surface area contributed by atoms with Crippen molar-refractivity contribution in [3.05, 3.63) is 0 Å². The van der Waals surface area contributed by atoms with Crippen LogP contribution in [0.15, 0.2) is 0 Å². The van der Waals surface area contributed by atoms with Crippen LogP contribution in [0.4, 0.5) is 0 Å². The molecule has 0 atom stereocenters. The lowest BCUT2D eigenvalue weighted by atomic mass is 10.6. The first kappa shape index (κ1) is 25.2. The van der Waals surface area contributed by atoms with Gasteiger partial charge in [0.25, 0.3) is 0 Å². The zero-order valence-corrected chi connectivity index (χ0v) is 19.6. The number of nitrogens with zero attached hydrogens (tertiary/aromatic N) is 1. The summed E-state index contributed by atoms with van der Waals surface area (Å²) in [5, 5.41) is 0. The Balaban J connectivity index is 5.34. The Morgan fingerprint density at radius 3 is 1.28 bits per heavy atom. The van der Waals surface area contributed by atoms with Crippen molar-refractivity contribution in [2.24, 2.45) is 0 Å². The minimum absolute atomic E-state index is 0.597. The van der Waals surface area contributed by atoms with Crippen LogP contribution in [0.2, 0.25) is 12.1 Å². The highest BCUT2D eigenvalue weighted by molar-refractivity contribution is 6.70. The van der Waals surface area contributed by atoms with E-state index in [0.29, 0.717) is 33.0 Å². The Morgan fingerprint density at radius 2 is 0.960 bits per heavy atom. The Bertz CT molecular complexity index is 296. The van der Waals surface area contributed by atoms with Gasteiger partial charge in [-0.1, -0.05) is 13.8 Å². The van der Waals surface area contributed by atoms with Gasteiger partial charge in [0.1, 0.15) is 0 Å². The van der Waals surface area contributed by atoms with Gasteiger partial charge in [-0.15, -0.1) is 0 Å². The predicted octanol–water partition coefficient (Wildman–Crippen LogP) is 3.43. The van der Waals surface area contributed by atoms with Crippen LogP contribution < -0.4 is 0 Å². The van der Waals surface area contributed by atoms with E-state index in [9.17, 15) is 0 Å². The second-order valence-corrected chi connectivity index (χ2v) is 11.7. The maximum absolute atomic E-state index is 6.26. The van der Waals surface area contributed by atoms with E-state index in [4.69, 9.17) is 22.1 Å². The summed E-state index contributed by atoms with van der Waals surface area (Å²) in [6.07, 6.45) is 0.872. The SMILES string of the molecule is CCO[Si](CC[Si](OCC)(OCC)OCC)(CN(CC)CC)OCC. The number of hydrogen-bond acceptors (Lipinski definition) is 6. The van der Waals surface area contributed by atoms with Gasteiger partial charge in [0, 0.05) is 45.2 Å². The van der Waals surface area contributed by atoms with Crippen LogP contribution in [0.3, 0.4) is 0 Å². The van der Waals surface area contributed by atoms with Crippen LogP contribution in [0, 0.1) is 0 Å². The Kier molecular flexibility index (Phi) is 14.4. The first-order chi connectivity index (χ1) is 12.0. The monoisotopic (exact) mass is 395 g/mol. The van der Waals surface area contributed by atoms with Gasteiger partial charge >= 0.3 is 17.4 Å². The van der Waals surface area contributed by atoms with Gasteiger partial charge in [0.2, 0.25) is 0 Å². The van der Waals surface area contributed by atoms with Crippen LogP contribution in [0.25, 0.3) is 0 Å². The van der Waals surface area contributed by atoms with E-state index in [1.165, 1.54) is 0 Å². The highest BCUT2D eigenvalue weighted by Crippen LogP contribution is 2.26. The van der Waals surface area contributed by atoms with Crippen molar-refractivity contribution in [3.8, 4) is 0 Å². The molecule has 0 rings (SSSR count). The van der Waals surface area contributed by atoms with E-state index in [0.717, 1.165) is 31.3 Å². The van der Waals surface area contributed by atoms with E-state index in [1.54, 1.807) is 0 Å². The summed E-state index contributed by atoms with van der Waals surface area (Å²) in [6.45, 7) is 19.5. The summed E-state index contributed by atoms with van der Waals surface area (Å²) in [5.41, 5.74) is 0. The third-order valence-corrected chi connectivity index (χ3v) is 11.2. The Labute approximate surface area is 157 Å². The molecule has 0 aliphatic carbocycles. The van der Waals surface area contributed by atoms with Crippen molar-refractivity contribution in [2.75, 3.05) is 52.3 Å². The zero-order valence-electron chi connectivity index (χ0n) is 17.6. The minimum atomic E-state index is -2.68. The lowest BCUT2D eigenvalue weighted by molar-refractivity contribution is 0.0708.